The number of hydrogen-bond donors (Lipinski definition) is 0. The summed E-state index contributed by atoms with van der Waals surface area (Å²) in [6.45, 7) is 2.80. The summed E-state index contributed by atoms with van der Waals surface area (Å²) in [6.07, 6.45) is 2.65. The van der Waals surface area contributed by atoms with Gasteiger partial charge in [-0.25, -0.2) is 9.18 Å². The van der Waals surface area contributed by atoms with Gasteiger partial charge < -0.3 is 13.7 Å². The van der Waals surface area contributed by atoms with Crippen LogP contribution in [0.5, 0.6) is 5.75 Å². The van der Waals surface area contributed by atoms with Crippen molar-refractivity contribution >= 4 is 28.1 Å². The minimum absolute atomic E-state index is 0.0391. The summed E-state index contributed by atoms with van der Waals surface area (Å²) in [5.74, 6) is -2.40. The molecule has 0 aromatic heterocycles. The van der Waals surface area contributed by atoms with Gasteiger partial charge in [0.1, 0.15) is 12.2 Å². The van der Waals surface area contributed by atoms with Gasteiger partial charge in [0, 0.05) is 17.5 Å². The molecule has 0 bridgehead atoms. The minimum Gasteiger partial charge on any atom is -0.469 e. The molecule has 0 aliphatic carbocycles. The van der Waals surface area contributed by atoms with E-state index in [2.05, 4.69) is 8.92 Å². The van der Waals surface area contributed by atoms with Gasteiger partial charge in [-0.2, -0.15) is 21.6 Å². The van der Waals surface area contributed by atoms with Crippen molar-refractivity contribution in [3.63, 3.8) is 0 Å². The fourth-order valence-electron chi connectivity index (χ4n) is 3.11. The Hall–Kier alpha value is -2.89. The maximum atomic E-state index is 13.1. The van der Waals surface area contributed by atoms with Crippen molar-refractivity contribution in [2.24, 2.45) is 0 Å². The maximum Gasteiger partial charge on any atom is 0.534 e. The smallest absolute Gasteiger partial charge is 0.469 e. The summed E-state index contributed by atoms with van der Waals surface area (Å²) in [5.41, 5.74) is -5.27. The van der Waals surface area contributed by atoms with Gasteiger partial charge in [0.2, 0.25) is 0 Å². The summed E-state index contributed by atoms with van der Waals surface area (Å²) in [6, 6.07) is 0. The second kappa shape index (κ2) is 9.72. The van der Waals surface area contributed by atoms with Crippen LogP contribution in [0.25, 0.3) is 6.08 Å². The fourth-order valence-corrected chi connectivity index (χ4v) is 3.61. The van der Waals surface area contributed by atoms with Crippen LogP contribution in [0.4, 0.5) is 17.6 Å². The Labute approximate surface area is 181 Å². The highest BCUT2D eigenvalue weighted by atomic mass is 32.2. The Balaban J connectivity index is 2.67. The van der Waals surface area contributed by atoms with E-state index in [9.17, 15) is 35.6 Å². The number of fused-ring (bicyclic) bond motifs is 1. The lowest BCUT2D eigenvalue weighted by Gasteiger charge is -2.19. The standard InChI is InChI=1S/C20H20F4O7S/c1-11(5-7-16(25)29-3)4-6-14-13(8-9-21)12(2)15-10-30-19(26)17(15)18(14)31-32(27,28)20(22,23)24/h4,8-9H,5-7,10H2,1-3H3/b9-8?,11-4+. The molecule has 0 N–H and O–H groups in total. The van der Waals surface area contributed by atoms with E-state index in [0.29, 0.717) is 11.1 Å². The highest BCUT2D eigenvalue weighted by molar-refractivity contribution is 7.88. The number of hydrogen-bond acceptors (Lipinski definition) is 7. The van der Waals surface area contributed by atoms with Gasteiger partial charge in [-0.05, 0) is 43.9 Å². The molecule has 12 heteroatoms. The Bertz CT molecular complexity index is 1090. The summed E-state index contributed by atoms with van der Waals surface area (Å²) in [7, 11) is -4.92. The Morgan fingerprint density at radius 1 is 1.25 bits per heavy atom. The lowest BCUT2D eigenvalue weighted by atomic mass is 9.90. The highest BCUT2D eigenvalue weighted by Crippen LogP contribution is 2.41. The summed E-state index contributed by atoms with van der Waals surface area (Å²) in [4.78, 5) is 23.5. The molecule has 1 aromatic rings. The number of cyclic esters (lactones) is 1. The molecule has 0 amide bonds. The van der Waals surface area contributed by atoms with E-state index >= 15 is 0 Å². The van der Waals surface area contributed by atoms with Crippen LogP contribution in [0.15, 0.2) is 18.0 Å². The van der Waals surface area contributed by atoms with Crippen LogP contribution in [0.1, 0.15) is 52.4 Å². The molecule has 176 valence electrons. The molecule has 32 heavy (non-hydrogen) atoms. The topological polar surface area (TPSA) is 96.0 Å². The maximum absolute atomic E-state index is 13.1. The van der Waals surface area contributed by atoms with Gasteiger partial charge in [0.05, 0.1) is 13.4 Å². The van der Waals surface area contributed by atoms with Gasteiger partial charge in [0.15, 0.2) is 5.75 Å². The number of carbonyl (C=O) groups excluding carboxylic acids is 2. The first kappa shape index (κ1) is 25.4. The van der Waals surface area contributed by atoms with E-state index in [1.54, 1.807) is 6.92 Å². The summed E-state index contributed by atoms with van der Waals surface area (Å²) >= 11 is 0. The minimum atomic E-state index is -6.13. The monoisotopic (exact) mass is 480 g/mol. The normalized spacial score (nSPS) is 14.5. The average molecular weight is 480 g/mol. The van der Waals surface area contributed by atoms with E-state index in [1.165, 1.54) is 20.1 Å². The predicted molar refractivity (Wildman–Crippen MR) is 105 cm³/mol. The zero-order valence-corrected chi connectivity index (χ0v) is 18.2. The molecule has 1 heterocycles. The predicted octanol–water partition coefficient (Wildman–Crippen LogP) is 4.28. The number of methoxy groups -OCH3 is 1. The second-order valence-electron chi connectivity index (χ2n) is 6.88. The molecule has 1 aromatic carbocycles. The van der Waals surface area contributed by atoms with E-state index < -0.39 is 38.9 Å². The number of rotatable bonds is 8. The first-order chi connectivity index (χ1) is 14.8. The van der Waals surface area contributed by atoms with E-state index in [0.717, 1.165) is 6.08 Å². The number of allylic oxidation sites excluding steroid dienone is 2. The first-order valence-electron chi connectivity index (χ1n) is 9.19. The largest absolute Gasteiger partial charge is 0.534 e. The Morgan fingerprint density at radius 2 is 1.91 bits per heavy atom. The molecule has 0 radical (unpaired) electrons. The van der Waals surface area contributed by atoms with Gasteiger partial charge in [-0.3, -0.25) is 4.79 Å². The third-order valence-electron chi connectivity index (χ3n) is 4.85. The van der Waals surface area contributed by atoms with Crippen molar-refractivity contribution < 1.29 is 49.2 Å². The van der Waals surface area contributed by atoms with Crippen LogP contribution in [-0.2, 0) is 37.4 Å². The first-order valence-corrected chi connectivity index (χ1v) is 10.6. The van der Waals surface area contributed by atoms with E-state index in [-0.39, 0.29) is 48.9 Å². The van der Waals surface area contributed by atoms with Crippen molar-refractivity contribution in [2.45, 2.75) is 45.2 Å². The van der Waals surface area contributed by atoms with Crippen LogP contribution in [-0.4, -0.2) is 33.0 Å². The highest BCUT2D eigenvalue weighted by Gasteiger charge is 2.50. The third-order valence-corrected chi connectivity index (χ3v) is 5.80. The fraction of sp³-hybridized carbons (Fsp3) is 0.400. The van der Waals surface area contributed by atoms with E-state index in [4.69, 9.17) is 4.74 Å². The lowest BCUT2D eigenvalue weighted by Crippen LogP contribution is -2.29. The molecule has 1 aliphatic rings. The molecule has 7 nitrogen and oxygen atoms in total. The average Bonchev–Trinajstić information content (AvgIpc) is 3.09. The van der Waals surface area contributed by atoms with Crippen molar-refractivity contribution in [3.05, 3.63) is 45.8 Å². The van der Waals surface area contributed by atoms with Crippen LogP contribution in [0.2, 0.25) is 0 Å². The van der Waals surface area contributed by atoms with Crippen LogP contribution >= 0.6 is 0 Å². The van der Waals surface area contributed by atoms with Crippen molar-refractivity contribution in [2.75, 3.05) is 7.11 Å². The van der Waals surface area contributed by atoms with Crippen molar-refractivity contribution in [3.8, 4) is 5.75 Å². The van der Waals surface area contributed by atoms with Crippen LogP contribution in [0, 0.1) is 6.92 Å². The molecular formula is C20H20F4O7S. The third kappa shape index (κ3) is 5.29. The molecular weight excluding hydrogens is 460 g/mol. The lowest BCUT2D eigenvalue weighted by molar-refractivity contribution is -0.140. The van der Waals surface area contributed by atoms with Crippen molar-refractivity contribution in [1.82, 2.24) is 0 Å². The Kier molecular flexibility index (Phi) is 7.70. The van der Waals surface area contributed by atoms with Crippen molar-refractivity contribution in [1.29, 1.82) is 0 Å². The second-order valence-corrected chi connectivity index (χ2v) is 8.42. The number of ether oxygens (including phenoxy) is 2. The summed E-state index contributed by atoms with van der Waals surface area (Å²) < 4.78 is 89.3. The zero-order chi connectivity index (χ0) is 24.3. The number of esters is 2. The molecule has 1 aliphatic heterocycles. The molecule has 0 unspecified atom stereocenters. The molecule has 0 saturated heterocycles. The number of halogens is 4. The molecule has 0 saturated carbocycles. The molecule has 2 rings (SSSR count). The van der Waals surface area contributed by atoms with Crippen LogP contribution in [0.3, 0.4) is 0 Å². The quantitative estimate of drug-likeness (QED) is 0.180. The van der Waals surface area contributed by atoms with Crippen LogP contribution < -0.4 is 4.18 Å². The van der Waals surface area contributed by atoms with Gasteiger partial charge in [0.25, 0.3) is 0 Å². The molecule has 0 atom stereocenters. The zero-order valence-electron chi connectivity index (χ0n) is 17.3. The Morgan fingerprint density at radius 3 is 2.47 bits per heavy atom. The number of carbonyl (C=O) groups is 2. The molecule has 0 spiro atoms. The SMILES string of the molecule is COC(=O)CC/C(C)=C/Cc1c(C=CF)c(C)c2c(c1OS(=O)(=O)C(F)(F)F)C(=O)OC2. The van der Waals surface area contributed by atoms with Gasteiger partial charge in [-0.15, -0.1) is 0 Å². The van der Waals surface area contributed by atoms with Gasteiger partial charge >= 0.3 is 27.6 Å². The number of alkyl halides is 3. The summed E-state index contributed by atoms with van der Waals surface area (Å²) in [5, 5.41) is 0. The number of benzene rings is 1. The van der Waals surface area contributed by atoms with Gasteiger partial charge in [-0.1, -0.05) is 11.6 Å². The molecule has 0 fully saturated rings. The van der Waals surface area contributed by atoms with E-state index in [1.807, 2.05) is 0 Å².